The number of aliphatic hydroxyl groups excluding tert-OH is 1. The summed E-state index contributed by atoms with van der Waals surface area (Å²) in [5.41, 5.74) is 1.81. The van der Waals surface area contributed by atoms with Gasteiger partial charge in [0.1, 0.15) is 18.1 Å². The van der Waals surface area contributed by atoms with Crippen molar-refractivity contribution in [2.75, 3.05) is 7.11 Å². The standard InChI is InChI=1S/C17H20O3/c1-3-15(18)14-9-5-7-11-17(14)20-12-13-8-4-6-10-16(13)19-2/h4-11,15,18H,3,12H2,1-2H3. The van der Waals surface area contributed by atoms with Gasteiger partial charge in [-0.3, -0.25) is 0 Å². The second-order valence-electron chi connectivity index (χ2n) is 4.56. The van der Waals surface area contributed by atoms with Crippen LogP contribution in [0.15, 0.2) is 48.5 Å². The highest BCUT2D eigenvalue weighted by Crippen LogP contribution is 2.28. The van der Waals surface area contributed by atoms with Crippen LogP contribution in [0.5, 0.6) is 11.5 Å². The van der Waals surface area contributed by atoms with Gasteiger partial charge in [0, 0.05) is 11.1 Å². The lowest BCUT2D eigenvalue weighted by molar-refractivity contribution is 0.166. The molecule has 3 nitrogen and oxygen atoms in total. The Morgan fingerprint density at radius 2 is 1.65 bits per heavy atom. The molecule has 0 amide bonds. The highest BCUT2D eigenvalue weighted by Gasteiger charge is 2.11. The molecule has 1 unspecified atom stereocenters. The number of hydrogen-bond donors (Lipinski definition) is 1. The molecule has 0 aliphatic heterocycles. The summed E-state index contributed by atoms with van der Waals surface area (Å²) in [4.78, 5) is 0. The Bertz CT molecular complexity index is 551. The van der Waals surface area contributed by atoms with Crippen LogP contribution in [0.4, 0.5) is 0 Å². The predicted molar refractivity (Wildman–Crippen MR) is 79.0 cm³/mol. The molecule has 0 aliphatic rings. The molecular weight excluding hydrogens is 252 g/mol. The van der Waals surface area contributed by atoms with E-state index in [4.69, 9.17) is 9.47 Å². The maximum atomic E-state index is 10.0. The first-order valence-corrected chi connectivity index (χ1v) is 6.78. The van der Waals surface area contributed by atoms with Gasteiger partial charge in [0.25, 0.3) is 0 Å². The van der Waals surface area contributed by atoms with E-state index in [2.05, 4.69) is 0 Å². The molecule has 0 heterocycles. The van der Waals surface area contributed by atoms with Gasteiger partial charge in [0.05, 0.1) is 13.2 Å². The lowest BCUT2D eigenvalue weighted by Gasteiger charge is -2.15. The van der Waals surface area contributed by atoms with Gasteiger partial charge in [-0.25, -0.2) is 0 Å². The third-order valence-electron chi connectivity index (χ3n) is 3.24. The Kier molecular flexibility index (Phi) is 5.02. The number of aliphatic hydroxyl groups is 1. The number of hydrogen-bond acceptors (Lipinski definition) is 3. The van der Waals surface area contributed by atoms with Gasteiger partial charge in [-0.15, -0.1) is 0 Å². The van der Waals surface area contributed by atoms with Crippen LogP contribution < -0.4 is 9.47 Å². The van der Waals surface area contributed by atoms with Crippen LogP contribution in [0, 0.1) is 0 Å². The van der Waals surface area contributed by atoms with E-state index >= 15 is 0 Å². The molecule has 0 aromatic heterocycles. The predicted octanol–water partition coefficient (Wildman–Crippen LogP) is 3.72. The van der Waals surface area contributed by atoms with Crippen LogP contribution in [0.25, 0.3) is 0 Å². The van der Waals surface area contributed by atoms with Crippen LogP contribution in [0.2, 0.25) is 0 Å². The second kappa shape index (κ2) is 6.96. The van der Waals surface area contributed by atoms with Crippen molar-refractivity contribution in [3.05, 3.63) is 59.7 Å². The summed E-state index contributed by atoms with van der Waals surface area (Å²) in [6.07, 6.45) is 0.165. The van der Waals surface area contributed by atoms with Gasteiger partial charge in [-0.2, -0.15) is 0 Å². The molecule has 0 spiro atoms. The zero-order valence-electron chi connectivity index (χ0n) is 11.9. The number of ether oxygens (including phenoxy) is 2. The average Bonchev–Trinajstić information content (AvgIpc) is 2.52. The topological polar surface area (TPSA) is 38.7 Å². The fraction of sp³-hybridized carbons (Fsp3) is 0.294. The van der Waals surface area contributed by atoms with Gasteiger partial charge >= 0.3 is 0 Å². The van der Waals surface area contributed by atoms with Crippen molar-refractivity contribution >= 4 is 0 Å². The molecule has 106 valence electrons. The van der Waals surface area contributed by atoms with Crippen molar-refractivity contribution in [1.82, 2.24) is 0 Å². The second-order valence-corrected chi connectivity index (χ2v) is 4.56. The molecule has 1 atom stereocenters. The molecule has 0 bridgehead atoms. The van der Waals surface area contributed by atoms with Gasteiger partial charge in [-0.1, -0.05) is 43.3 Å². The summed E-state index contributed by atoms with van der Waals surface area (Å²) in [5, 5.41) is 10.0. The Morgan fingerprint density at radius 1 is 1.00 bits per heavy atom. The highest BCUT2D eigenvalue weighted by molar-refractivity contribution is 5.37. The molecule has 2 aromatic carbocycles. The van der Waals surface area contributed by atoms with E-state index in [1.54, 1.807) is 7.11 Å². The monoisotopic (exact) mass is 272 g/mol. The summed E-state index contributed by atoms with van der Waals surface area (Å²) in [6.45, 7) is 2.36. The zero-order valence-corrected chi connectivity index (χ0v) is 11.9. The minimum Gasteiger partial charge on any atom is -0.496 e. The van der Waals surface area contributed by atoms with Gasteiger partial charge in [0.15, 0.2) is 0 Å². The van der Waals surface area contributed by atoms with Crippen molar-refractivity contribution in [2.45, 2.75) is 26.1 Å². The van der Waals surface area contributed by atoms with Crippen LogP contribution >= 0.6 is 0 Å². The van der Waals surface area contributed by atoms with E-state index < -0.39 is 6.10 Å². The SMILES string of the molecule is CCC(O)c1ccccc1OCc1ccccc1OC. The number of para-hydroxylation sites is 2. The molecule has 0 saturated heterocycles. The first kappa shape index (κ1) is 14.4. The quantitative estimate of drug-likeness (QED) is 0.871. The van der Waals surface area contributed by atoms with Crippen LogP contribution in [0.1, 0.15) is 30.6 Å². The molecular formula is C17H20O3. The summed E-state index contributed by atoms with van der Waals surface area (Å²) >= 11 is 0. The summed E-state index contributed by atoms with van der Waals surface area (Å²) < 4.78 is 11.2. The zero-order chi connectivity index (χ0) is 14.4. The molecule has 0 radical (unpaired) electrons. The minimum atomic E-state index is -0.496. The molecule has 0 saturated carbocycles. The number of rotatable bonds is 6. The Hall–Kier alpha value is -2.00. The molecule has 2 aromatic rings. The molecule has 3 heteroatoms. The number of benzene rings is 2. The van der Waals surface area contributed by atoms with Crippen molar-refractivity contribution in [1.29, 1.82) is 0 Å². The smallest absolute Gasteiger partial charge is 0.125 e. The third kappa shape index (κ3) is 3.31. The van der Waals surface area contributed by atoms with Crippen LogP contribution in [-0.4, -0.2) is 12.2 Å². The number of methoxy groups -OCH3 is 1. The fourth-order valence-corrected chi connectivity index (χ4v) is 2.08. The Labute approximate surface area is 119 Å². The third-order valence-corrected chi connectivity index (χ3v) is 3.24. The maximum Gasteiger partial charge on any atom is 0.125 e. The molecule has 2 rings (SSSR count). The molecule has 1 N–H and O–H groups in total. The van der Waals surface area contributed by atoms with Crippen molar-refractivity contribution in [3.8, 4) is 11.5 Å². The molecule has 0 aliphatic carbocycles. The first-order chi connectivity index (χ1) is 9.76. The van der Waals surface area contributed by atoms with E-state index in [1.165, 1.54) is 0 Å². The lowest BCUT2D eigenvalue weighted by Crippen LogP contribution is -2.03. The van der Waals surface area contributed by atoms with Crippen molar-refractivity contribution < 1.29 is 14.6 Å². The molecule has 20 heavy (non-hydrogen) atoms. The van der Waals surface area contributed by atoms with Crippen LogP contribution in [-0.2, 0) is 6.61 Å². The average molecular weight is 272 g/mol. The van der Waals surface area contributed by atoms with Gasteiger partial charge in [-0.05, 0) is 18.6 Å². The summed E-state index contributed by atoms with van der Waals surface area (Å²) in [6, 6.07) is 15.3. The van der Waals surface area contributed by atoms with Crippen molar-refractivity contribution in [2.24, 2.45) is 0 Å². The summed E-state index contributed by atoms with van der Waals surface area (Å²) in [7, 11) is 1.65. The Balaban J connectivity index is 2.15. The highest BCUT2D eigenvalue weighted by atomic mass is 16.5. The first-order valence-electron chi connectivity index (χ1n) is 6.78. The fourth-order valence-electron chi connectivity index (χ4n) is 2.08. The minimum absolute atomic E-state index is 0.414. The van der Waals surface area contributed by atoms with Gasteiger partial charge in [0.2, 0.25) is 0 Å². The van der Waals surface area contributed by atoms with Crippen molar-refractivity contribution in [3.63, 3.8) is 0 Å². The Morgan fingerprint density at radius 3 is 2.35 bits per heavy atom. The van der Waals surface area contributed by atoms with Gasteiger partial charge < -0.3 is 14.6 Å². The van der Waals surface area contributed by atoms with E-state index in [0.29, 0.717) is 18.8 Å². The van der Waals surface area contributed by atoms with Crippen LogP contribution in [0.3, 0.4) is 0 Å². The van der Waals surface area contributed by atoms with E-state index in [1.807, 2.05) is 55.5 Å². The lowest BCUT2D eigenvalue weighted by atomic mass is 10.1. The van der Waals surface area contributed by atoms with E-state index in [0.717, 1.165) is 16.9 Å². The van der Waals surface area contributed by atoms with E-state index in [9.17, 15) is 5.11 Å². The molecule has 0 fully saturated rings. The van der Waals surface area contributed by atoms with E-state index in [-0.39, 0.29) is 0 Å². The maximum absolute atomic E-state index is 10.0. The normalized spacial score (nSPS) is 11.9. The summed E-state index contributed by atoms with van der Waals surface area (Å²) in [5.74, 6) is 1.52. The largest absolute Gasteiger partial charge is 0.496 e.